The Hall–Kier alpha value is -0.500. The van der Waals surface area contributed by atoms with Gasteiger partial charge in [-0.3, -0.25) is 4.72 Å². The highest BCUT2D eigenvalue weighted by Crippen LogP contribution is 2.27. The number of sulfonamides is 1. The molecular weight excluding hydrogens is 321 g/mol. The fourth-order valence-corrected chi connectivity index (χ4v) is 3.50. The first-order valence-corrected chi connectivity index (χ1v) is 9.24. The van der Waals surface area contributed by atoms with Crippen LogP contribution >= 0.6 is 22.3 Å². The van der Waals surface area contributed by atoms with Gasteiger partial charge in [-0.05, 0) is 24.6 Å². The number of halogens is 2. The Labute approximate surface area is 116 Å². The van der Waals surface area contributed by atoms with Crippen molar-refractivity contribution in [1.29, 1.82) is 0 Å². The second-order valence-electron chi connectivity index (χ2n) is 3.50. The number of rotatable bonds is 5. The fraction of sp³-hybridized carbons (Fsp3) is 0.333. The van der Waals surface area contributed by atoms with E-state index in [1.54, 1.807) is 6.92 Å². The third-order valence-electron chi connectivity index (χ3n) is 1.96. The molecule has 1 aromatic rings. The van der Waals surface area contributed by atoms with Crippen LogP contribution in [0.2, 0.25) is 5.02 Å². The average molecular weight is 332 g/mol. The van der Waals surface area contributed by atoms with Crippen molar-refractivity contribution in [2.45, 2.75) is 18.2 Å². The van der Waals surface area contributed by atoms with Crippen molar-refractivity contribution in [1.82, 2.24) is 0 Å². The summed E-state index contributed by atoms with van der Waals surface area (Å²) < 4.78 is 47.4. The lowest BCUT2D eigenvalue weighted by Crippen LogP contribution is -2.16. The SMILES string of the molecule is CCCS(=O)(=O)Nc1ccc(S(=O)(=O)Cl)cc1Cl. The van der Waals surface area contributed by atoms with Crippen LogP contribution in [0.5, 0.6) is 0 Å². The van der Waals surface area contributed by atoms with E-state index in [4.69, 9.17) is 22.3 Å². The van der Waals surface area contributed by atoms with E-state index < -0.39 is 19.1 Å². The zero-order valence-corrected chi connectivity index (χ0v) is 12.5. The van der Waals surface area contributed by atoms with E-state index in [1.165, 1.54) is 12.1 Å². The van der Waals surface area contributed by atoms with Gasteiger partial charge in [0.15, 0.2) is 0 Å². The first kappa shape index (κ1) is 15.6. The molecular formula is C9H11Cl2NO4S2. The van der Waals surface area contributed by atoms with Gasteiger partial charge >= 0.3 is 0 Å². The van der Waals surface area contributed by atoms with Crippen molar-refractivity contribution < 1.29 is 16.8 Å². The quantitative estimate of drug-likeness (QED) is 0.840. The van der Waals surface area contributed by atoms with Gasteiger partial charge in [-0.15, -0.1) is 0 Å². The Balaban J connectivity index is 3.08. The van der Waals surface area contributed by atoms with Crippen LogP contribution in [0.3, 0.4) is 0 Å². The highest BCUT2D eigenvalue weighted by Gasteiger charge is 2.15. The third kappa shape index (κ3) is 4.31. The van der Waals surface area contributed by atoms with Crippen LogP contribution in [0, 0.1) is 0 Å². The largest absolute Gasteiger partial charge is 0.282 e. The van der Waals surface area contributed by atoms with Crippen LogP contribution in [0.15, 0.2) is 23.1 Å². The molecule has 5 nitrogen and oxygen atoms in total. The smallest absolute Gasteiger partial charge is 0.261 e. The molecule has 0 aliphatic rings. The minimum atomic E-state index is -3.89. The summed E-state index contributed by atoms with van der Waals surface area (Å²) in [6.45, 7) is 1.73. The molecule has 0 aromatic heterocycles. The lowest BCUT2D eigenvalue weighted by atomic mass is 10.3. The number of benzene rings is 1. The lowest BCUT2D eigenvalue weighted by molar-refractivity contribution is 0.599. The molecule has 1 rings (SSSR count). The normalized spacial score (nSPS) is 12.4. The van der Waals surface area contributed by atoms with Crippen molar-refractivity contribution in [3.8, 4) is 0 Å². The molecule has 0 unspecified atom stereocenters. The molecule has 0 aliphatic carbocycles. The topological polar surface area (TPSA) is 80.3 Å². The zero-order chi connectivity index (χ0) is 14.0. The third-order valence-corrected chi connectivity index (χ3v) is 5.10. The minimum absolute atomic E-state index is 0.0311. The molecule has 0 radical (unpaired) electrons. The van der Waals surface area contributed by atoms with Gasteiger partial charge in [0, 0.05) is 10.7 Å². The molecule has 0 amide bonds. The molecule has 1 aromatic carbocycles. The molecule has 0 fully saturated rings. The standard InChI is InChI=1S/C9H11Cl2NO4S2/c1-2-5-17(13,14)12-9-4-3-7(6-8(9)10)18(11,15)16/h3-4,6,12H,2,5H2,1H3. The fourth-order valence-electron chi connectivity index (χ4n) is 1.22. The Kier molecular flexibility index (Phi) is 4.88. The highest BCUT2D eigenvalue weighted by molar-refractivity contribution is 8.13. The number of hydrogen-bond acceptors (Lipinski definition) is 4. The van der Waals surface area contributed by atoms with Crippen molar-refractivity contribution in [2.24, 2.45) is 0 Å². The van der Waals surface area contributed by atoms with Crippen molar-refractivity contribution in [3.05, 3.63) is 23.2 Å². The van der Waals surface area contributed by atoms with E-state index in [2.05, 4.69) is 4.72 Å². The van der Waals surface area contributed by atoms with Crippen LogP contribution in [0.25, 0.3) is 0 Å². The Bertz CT molecular complexity index is 641. The Morgan fingerprint density at radius 2 is 1.83 bits per heavy atom. The van der Waals surface area contributed by atoms with E-state index >= 15 is 0 Å². The van der Waals surface area contributed by atoms with Crippen LogP contribution in [0.4, 0.5) is 5.69 Å². The predicted octanol–water partition coefficient (Wildman–Crippen LogP) is 2.42. The first-order valence-electron chi connectivity index (χ1n) is 4.90. The molecule has 0 saturated heterocycles. The molecule has 0 bridgehead atoms. The van der Waals surface area contributed by atoms with Gasteiger partial charge in [-0.25, -0.2) is 16.8 Å². The molecule has 0 spiro atoms. The van der Waals surface area contributed by atoms with Crippen molar-refractivity contribution in [2.75, 3.05) is 10.5 Å². The predicted molar refractivity (Wildman–Crippen MR) is 72.2 cm³/mol. The summed E-state index contributed by atoms with van der Waals surface area (Å²) in [6, 6.07) is 3.52. The highest BCUT2D eigenvalue weighted by atomic mass is 35.7. The van der Waals surface area contributed by atoms with Gasteiger partial charge in [-0.2, -0.15) is 0 Å². The molecule has 0 atom stereocenters. The Morgan fingerprint density at radius 1 is 1.22 bits per heavy atom. The van der Waals surface area contributed by atoms with E-state index in [0.29, 0.717) is 6.42 Å². The first-order chi connectivity index (χ1) is 8.15. The summed E-state index contributed by atoms with van der Waals surface area (Å²) in [5.74, 6) is -0.0428. The molecule has 0 saturated carbocycles. The number of nitrogens with one attached hydrogen (secondary N) is 1. The summed E-state index contributed by atoms with van der Waals surface area (Å²) in [5, 5.41) is -0.0311. The summed E-state index contributed by atoms with van der Waals surface area (Å²) >= 11 is 5.79. The monoisotopic (exact) mass is 331 g/mol. The number of anilines is 1. The van der Waals surface area contributed by atoms with Crippen LogP contribution in [-0.2, 0) is 19.1 Å². The van der Waals surface area contributed by atoms with Gasteiger partial charge in [0.05, 0.1) is 21.4 Å². The zero-order valence-electron chi connectivity index (χ0n) is 9.35. The lowest BCUT2D eigenvalue weighted by Gasteiger charge is -2.09. The van der Waals surface area contributed by atoms with Gasteiger partial charge < -0.3 is 0 Å². The average Bonchev–Trinajstić information content (AvgIpc) is 2.19. The van der Waals surface area contributed by atoms with E-state index in [9.17, 15) is 16.8 Å². The molecule has 0 heterocycles. The van der Waals surface area contributed by atoms with E-state index in [-0.39, 0.29) is 21.4 Å². The molecule has 0 aliphatic heterocycles. The maximum Gasteiger partial charge on any atom is 0.261 e. The van der Waals surface area contributed by atoms with E-state index in [0.717, 1.165) is 6.07 Å². The molecule has 1 N–H and O–H groups in total. The van der Waals surface area contributed by atoms with E-state index in [1.807, 2.05) is 0 Å². The maximum atomic E-state index is 11.5. The second-order valence-corrected chi connectivity index (χ2v) is 8.32. The van der Waals surface area contributed by atoms with Crippen LogP contribution < -0.4 is 4.72 Å². The molecule has 102 valence electrons. The molecule has 9 heteroatoms. The summed E-state index contributed by atoms with van der Waals surface area (Å²) in [7, 11) is -2.22. The van der Waals surface area contributed by atoms with Gasteiger partial charge in [0.2, 0.25) is 10.0 Å². The summed E-state index contributed by atoms with van der Waals surface area (Å²) in [4.78, 5) is -0.187. The van der Waals surface area contributed by atoms with Gasteiger partial charge in [0.1, 0.15) is 0 Å². The van der Waals surface area contributed by atoms with Crippen molar-refractivity contribution in [3.63, 3.8) is 0 Å². The minimum Gasteiger partial charge on any atom is -0.282 e. The summed E-state index contributed by atoms with van der Waals surface area (Å²) in [6.07, 6.45) is 0.459. The second kappa shape index (κ2) is 5.64. The van der Waals surface area contributed by atoms with Gasteiger partial charge in [-0.1, -0.05) is 18.5 Å². The van der Waals surface area contributed by atoms with Gasteiger partial charge in [0.25, 0.3) is 9.05 Å². The molecule has 18 heavy (non-hydrogen) atoms. The maximum absolute atomic E-state index is 11.5. The van der Waals surface area contributed by atoms with Crippen LogP contribution in [0.1, 0.15) is 13.3 Å². The van der Waals surface area contributed by atoms with Crippen molar-refractivity contribution >= 4 is 47.0 Å². The Morgan fingerprint density at radius 3 is 2.28 bits per heavy atom. The summed E-state index contributed by atoms with van der Waals surface area (Å²) in [5.41, 5.74) is 0.120. The number of hydrogen-bond donors (Lipinski definition) is 1. The van der Waals surface area contributed by atoms with Crippen LogP contribution in [-0.4, -0.2) is 22.6 Å².